The van der Waals surface area contributed by atoms with Crippen LogP contribution in [0.4, 0.5) is 0 Å². The molecule has 0 amide bonds. The zero-order valence-electron chi connectivity index (χ0n) is 24.1. The van der Waals surface area contributed by atoms with E-state index in [0.29, 0.717) is 50.0 Å². The summed E-state index contributed by atoms with van der Waals surface area (Å²) in [6.45, 7) is 4.20. The molecule has 220 valence electrons. The van der Waals surface area contributed by atoms with E-state index >= 15 is 0 Å². The number of hydrogen-bond donors (Lipinski definition) is 0. The second-order valence-electron chi connectivity index (χ2n) is 10.4. The molecule has 0 spiro atoms. The zero-order valence-corrected chi connectivity index (χ0v) is 24.9. The van der Waals surface area contributed by atoms with Gasteiger partial charge in [0.2, 0.25) is 6.79 Å². The molecule has 0 fully saturated rings. The summed E-state index contributed by atoms with van der Waals surface area (Å²) in [6.07, 6.45) is 1.82. The van der Waals surface area contributed by atoms with Crippen LogP contribution in [0, 0.1) is 0 Å². The highest BCUT2D eigenvalue weighted by atomic mass is 32.1. The Labute approximate surface area is 256 Å². The molecule has 2 aliphatic heterocycles. The summed E-state index contributed by atoms with van der Waals surface area (Å²) in [5.41, 5.74) is 3.07. The van der Waals surface area contributed by atoms with Crippen molar-refractivity contribution in [3.63, 3.8) is 0 Å². The average molecular weight is 605 g/mol. The molecule has 9 heteroatoms. The van der Waals surface area contributed by atoms with Crippen molar-refractivity contribution >= 4 is 34.2 Å². The third-order valence-electron chi connectivity index (χ3n) is 7.70. The minimum absolute atomic E-state index is 0.114. The normalized spacial score (nSPS) is 15.7. The minimum atomic E-state index is -0.750. The maximum atomic E-state index is 14.1. The van der Waals surface area contributed by atoms with E-state index in [0.717, 1.165) is 21.9 Å². The van der Waals surface area contributed by atoms with Crippen molar-refractivity contribution in [3.05, 3.63) is 133 Å². The average Bonchev–Trinajstić information content (AvgIpc) is 3.63. The van der Waals surface area contributed by atoms with E-state index in [4.69, 9.17) is 18.9 Å². The Morgan fingerprint density at radius 3 is 2.70 bits per heavy atom. The molecular weight excluding hydrogens is 576 g/mol. The van der Waals surface area contributed by atoms with Gasteiger partial charge in [0.15, 0.2) is 16.3 Å². The molecule has 7 rings (SSSR count). The van der Waals surface area contributed by atoms with Gasteiger partial charge >= 0.3 is 5.97 Å². The predicted molar refractivity (Wildman–Crippen MR) is 168 cm³/mol. The Hall–Kier alpha value is -5.15. The Morgan fingerprint density at radius 2 is 1.82 bits per heavy atom. The first-order valence-electron chi connectivity index (χ1n) is 14.3. The summed E-state index contributed by atoms with van der Waals surface area (Å²) in [7, 11) is 0. The van der Waals surface area contributed by atoms with Crippen LogP contribution in [0.25, 0.3) is 16.8 Å². The van der Waals surface area contributed by atoms with E-state index in [1.165, 1.54) is 11.3 Å². The summed E-state index contributed by atoms with van der Waals surface area (Å²) in [5, 5.41) is 2.29. The number of carbonyl (C=O) groups excluding carboxylic acids is 1. The Bertz CT molecular complexity index is 2140. The van der Waals surface area contributed by atoms with E-state index in [1.807, 2.05) is 54.6 Å². The lowest BCUT2D eigenvalue weighted by molar-refractivity contribution is -0.139. The van der Waals surface area contributed by atoms with Gasteiger partial charge in [-0.05, 0) is 60.0 Å². The molecule has 5 aromatic rings. The molecular formula is C35H28N2O6S. The topological polar surface area (TPSA) is 88.4 Å². The number of nitrogens with zero attached hydrogens (tertiary/aromatic N) is 2. The van der Waals surface area contributed by atoms with Crippen molar-refractivity contribution in [2.75, 3.05) is 13.4 Å². The Balaban J connectivity index is 1.30. The quantitative estimate of drug-likeness (QED) is 0.236. The van der Waals surface area contributed by atoms with Crippen molar-refractivity contribution in [2.45, 2.75) is 26.5 Å². The number of para-hydroxylation sites is 1. The monoisotopic (exact) mass is 604 g/mol. The molecule has 3 heterocycles. The largest absolute Gasteiger partial charge is 0.488 e. The van der Waals surface area contributed by atoms with Crippen LogP contribution in [0.1, 0.15) is 36.6 Å². The lowest BCUT2D eigenvalue weighted by atomic mass is 9.95. The molecule has 1 atom stereocenters. The number of ether oxygens (including phenoxy) is 4. The van der Waals surface area contributed by atoms with E-state index in [9.17, 15) is 9.59 Å². The standard InChI is InChI=1S/C35H28N2O6S/c1-3-40-34(39)31-21(2)36-35-37(32(31)24-15-16-28-29(17-24)43-20-42-28)33(38)30(44-35)18-23-10-5-7-14-27(23)41-19-25-12-8-11-22-9-4-6-13-26(22)25/h4-18,32H,3,19-20H2,1-2H3/b30-18-/t32-/m1/s1. The number of aromatic nitrogens is 1. The number of esters is 1. The lowest BCUT2D eigenvalue weighted by Crippen LogP contribution is -2.39. The van der Waals surface area contributed by atoms with Crippen molar-refractivity contribution in [2.24, 2.45) is 4.99 Å². The van der Waals surface area contributed by atoms with E-state index in [1.54, 1.807) is 30.5 Å². The molecule has 0 aliphatic carbocycles. The smallest absolute Gasteiger partial charge is 0.338 e. The fourth-order valence-corrected chi connectivity index (χ4v) is 6.67. The first kappa shape index (κ1) is 27.7. The molecule has 0 saturated carbocycles. The highest BCUT2D eigenvalue weighted by Crippen LogP contribution is 2.38. The van der Waals surface area contributed by atoms with Crippen molar-refractivity contribution in [1.29, 1.82) is 0 Å². The molecule has 0 radical (unpaired) electrons. The molecule has 0 N–H and O–H groups in total. The van der Waals surface area contributed by atoms with E-state index in [2.05, 4.69) is 29.3 Å². The number of rotatable bonds is 7. The van der Waals surface area contributed by atoms with E-state index < -0.39 is 12.0 Å². The van der Waals surface area contributed by atoms with Gasteiger partial charge in [-0.25, -0.2) is 9.79 Å². The molecule has 0 saturated heterocycles. The molecule has 4 aromatic carbocycles. The summed E-state index contributed by atoms with van der Waals surface area (Å²) in [4.78, 5) is 32.5. The number of fused-ring (bicyclic) bond motifs is 3. The molecule has 44 heavy (non-hydrogen) atoms. The van der Waals surface area contributed by atoms with Crippen LogP contribution >= 0.6 is 11.3 Å². The van der Waals surface area contributed by atoms with Crippen LogP contribution < -0.4 is 29.1 Å². The minimum Gasteiger partial charge on any atom is -0.488 e. The van der Waals surface area contributed by atoms with Crippen LogP contribution in [0.2, 0.25) is 0 Å². The van der Waals surface area contributed by atoms with Crippen molar-refractivity contribution in [1.82, 2.24) is 4.57 Å². The van der Waals surface area contributed by atoms with Crippen LogP contribution in [-0.2, 0) is 16.1 Å². The Kier molecular flexibility index (Phi) is 7.23. The van der Waals surface area contributed by atoms with Gasteiger partial charge in [-0.3, -0.25) is 9.36 Å². The van der Waals surface area contributed by atoms with E-state index in [-0.39, 0.29) is 19.0 Å². The van der Waals surface area contributed by atoms with Gasteiger partial charge in [-0.1, -0.05) is 78.1 Å². The van der Waals surface area contributed by atoms with Gasteiger partial charge in [-0.2, -0.15) is 0 Å². The second-order valence-corrected chi connectivity index (χ2v) is 11.4. The predicted octanol–water partition coefficient (Wildman–Crippen LogP) is 5.26. The molecule has 1 aromatic heterocycles. The first-order valence-corrected chi connectivity index (χ1v) is 15.1. The Morgan fingerprint density at radius 1 is 1.02 bits per heavy atom. The third kappa shape index (κ3) is 4.95. The summed E-state index contributed by atoms with van der Waals surface area (Å²) in [6, 6.07) is 26.7. The molecule has 2 aliphatic rings. The molecule has 0 bridgehead atoms. The van der Waals surface area contributed by atoms with Crippen LogP contribution in [0.15, 0.2) is 106 Å². The van der Waals surface area contributed by atoms with Crippen LogP contribution in [0.5, 0.6) is 17.2 Å². The fraction of sp³-hybridized carbons (Fsp3) is 0.171. The highest BCUT2D eigenvalue weighted by Gasteiger charge is 2.34. The summed E-state index contributed by atoms with van der Waals surface area (Å²) < 4.78 is 24.9. The number of benzene rings is 4. The van der Waals surface area contributed by atoms with Gasteiger partial charge in [0.05, 0.1) is 28.5 Å². The van der Waals surface area contributed by atoms with Gasteiger partial charge in [0, 0.05) is 5.56 Å². The number of allylic oxidation sites excluding steroid dienone is 1. The third-order valence-corrected chi connectivity index (χ3v) is 8.68. The maximum absolute atomic E-state index is 14.1. The summed E-state index contributed by atoms with van der Waals surface area (Å²) >= 11 is 1.27. The summed E-state index contributed by atoms with van der Waals surface area (Å²) in [5.74, 6) is 1.30. The fourth-order valence-electron chi connectivity index (χ4n) is 5.64. The lowest BCUT2D eigenvalue weighted by Gasteiger charge is -2.24. The zero-order chi connectivity index (χ0) is 30.2. The van der Waals surface area contributed by atoms with Gasteiger partial charge in [0.1, 0.15) is 12.4 Å². The van der Waals surface area contributed by atoms with Crippen molar-refractivity contribution in [3.8, 4) is 17.2 Å². The van der Waals surface area contributed by atoms with Gasteiger partial charge in [0.25, 0.3) is 5.56 Å². The van der Waals surface area contributed by atoms with Crippen LogP contribution in [-0.4, -0.2) is 23.9 Å². The van der Waals surface area contributed by atoms with Crippen molar-refractivity contribution < 1.29 is 23.7 Å². The number of thiazole rings is 1. The SMILES string of the molecule is CCOC(=O)C1=C(C)N=c2s/c(=C\c3ccccc3OCc3cccc4ccccc34)c(=O)n2[C@@H]1c1ccc2c(c1)OCO2. The number of carbonyl (C=O) groups is 1. The van der Waals surface area contributed by atoms with Gasteiger partial charge in [-0.15, -0.1) is 0 Å². The van der Waals surface area contributed by atoms with Gasteiger partial charge < -0.3 is 18.9 Å². The second kappa shape index (κ2) is 11.5. The number of hydrogen-bond acceptors (Lipinski definition) is 8. The van der Waals surface area contributed by atoms with Crippen LogP contribution in [0.3, 0.4) is 0 Å². The molecule has 0 unspecified atom stereocenters. The molecule has 8 nitrogen and oxygen atoms in total. The maximum Gasteiger partial charge on any atom is 0.338 e. The highest BCUT2D eigenvalue weighted by molar-refractivity contribution is 7.07. The first-order chi connectivity index (χ1) is 21.5.